The Morgan fingerprint density at radius 1 is 0.971 bits per heavy atom. The summed E-state index contributed by atoms with van der Waals surface area (Å²) in [5.74, 6) is -0.718. The van der Waals surface area contributed by atoms with E-state index < -0.39 is 5.97 Å². The number of benzene rings is 2. The number of amides is 1. The zero-order valence-corrected chi connectivity index (χ0v) is 20.6. The molecule has 0 radical (unpaired) electrons. The lowest BCUT2D eigenvalue weighted by atomic mass is 10.0. The van der Waals surface area contributed by atoms with Gasteiger partial charge < -0.3 is 9.30 Å². The summed E-state index contributed by atoms with van der Waals surface area (Å²) in [6.07, 6.45) is 1.82. The molecule has 0 saturated carbocycles. The van der Waals surface area contributed by atoms with Crippen LogP contribution in [0.1, 0.15) is 41.9 Å². The molecule has 0 N–H and O–H groups in total. The van der Waals surface area contributed by atoms with Crippen LogP contribution in [0, 0.1) is 27.7 Å². The summed E-state index contributed by atoms with van der Waals surface area (Å²) in [4.78, 5) is 28.1. The molecule has 0 saturated heterocycles. The Kier molecular flexibility index (Phi) is 6.29. The monoisotopic (exact) mass is 454 g/mol. The van der Waals surface area contributed by atoms with Crippen molar-refractivity contribution in [2.75, 3.05) is 11.5 Å². The van der Waals surface area contributed by atoms with Crippen LogP contribution in [0.25, 0.3) is 11.8 Å². The third-order valence-electron chi connectivity index (χ3n) is 6.26. The van der Waals surface area contributed by atoms with E-state index in [0.717, 1.165) is 28.3 Å². The molecular weight excluding hydrogens is 424 g/mol. The number of nitrogens with zero attached hydrogens (tertiary/aromatic N) is 2. The van der Waals surface area contributed by atoms with E-state index >= 15 is 0 Å². The van der Waals surface area contributed by atoms with Gasteiger partial charge >= 0.3 is 5.97 Å². The maximum Gasteiger partial charge on any atom is 0.340 e. The molecule has 5 heteroatoms. The van der Waals surface area contributed by atoms with Crippen LogP contribution in [0.3, 0.4) is 0 Å². The van der Waals surface area contributed by atoms with Gasteiger partial charge in [0, 0.05) is 28.5 Å². The number of carbonyl (C=O) groups is 2. The minimum Gasteiger partial charge on any atom is -0.462 e. The second-order valence-electron chi connectivity index (χ2n) is 8.67. The molecule has 1 aromatic heterocycles. The van der Waals surface area contributed by atoms with Gasteiger partial charge in [-0.3, -0.25) is 9.69 Å². The summed E-state index contributed by atoms with van der Waals surface area (Å²) in [7, 11) is 0. The zero-order chi connectivity index (χ0) is 24.6. The second-order valence-corrected chi connectivity index (χ2v) is 8.67. The average molecular weight is 455 g/mol. The van der Waals surface area contributed by atoms with Crippen LogP contribution in [0.2, 0.25) is 0 Å². The Morgan fingerprint density at radius 2 is 1.68 bits per heavy atom. The number of allylic oxidation sites excluding steroid dienone is 1. The van der Waals surface area contributed by atoms with Crippen molar-refractivity contribution in [2.45, 2.75) is 41.5 Å². The molecular formula is C29H30N2O3. The number of rotatable bonds is 5. The van der Waals surface area contributed by atoms with Gasteiger partial charge in [-0.05, 0) is 83.0 Å². The maximum atomic E-state index is 13.6. The first-order chi connectivity index (χ1) is 16.2. The molecule has 2 heterocycles. The summed E-state index contributed by atoms with van der Waals surface area (Å²) >= 11 is 0. The average Bonchev–Trinajstić information content (AvgIpc) is 3.21. The van der Waals surface area contributed by atoms with E-state index in [1.165, 1.54) is 11.1 Å². The van der Waals surface area contributed by atoms with Crippen LogP contribution in [0.5, 0.6) is 0 Å². The standard InChI is InChI=1S/C29H30N2O3/c1-7-34-29(33)27-22(6)31(24-11-9-8-10-12-24)28(32)25(27)17-23-16-20(4)30(21(23)5)26-14-13-18(2)15-19(26)3/h8-17H,7H2,1-6H3. The van der Waals surface area contributed by atoms with Crippen molar-refractivity contribution in [3.05, 3.63) is 99.5 Å². The van der Waals surface area contributed by atoms with Crippen LogP contribution in [-0.4, -0.2) is 23.1 Å². The molecule has 1 amide bonds. The Labute approximate surface area is 201 Å². The Hall–Kier alpha value is -3.86. The summed E-state index contributed by atoms with van der Waals surface area (Å²) in [5, 5.41) is 0. The van der Waals surface area contributed by atoms with Crippen LogP contribution in [0.4, 0.5) is 5.69 Å². The predicted molar refractivity (Wildman–Crippen MR) is 136 cm³/mol. The molecule has 0 spiro atoms. The van der Waals surface area contributed by atoms with Crippen molar-refractivity contribution in [1.29, 1.82) is 0 Å². The molecule has 0 fully saturated rings. The third kappa shape index (κ3) is 3.98. The van der Waals surface area contributed by atoms with Crippen molar-refractivity contribution in [1.82, 2.24) is 4.57 Å². The van der Waals surface area contributed by atoms with Gasteiger partial charge in [-0.2, -0.15) is 0 Å². The molecule has 5 nitrogen and oxygen atoms in total. The highest BCUT2D eigenvalue weighted by atomic mass is 16.5. The molecule has 4 rings (SSSR count). The molecule has 0 atom stereocenters. The lowest BCUT2D eigenvalue weighted by Crippen LogP contribution is -2.24. The first-order valence-electron chi connectivity index (χ1n) is 11.5. The number of aryl methyl sites for hydroxylation is 3. The van der Waals surface area contributed by atoms with Gasteiger partial charge in [0.15, 0.2) is 0 Å². The molecule has 0 unspecified atom stereocenters. The van der Waals surface area contributed by atoms with Crippen molar-refractivity contribution < 1.29 is 14.3 Å². The van der Waals surface area contributed by atoms with Crippen LogP contribution >= 0.6 is 0 Å². The maximum absolute atomic E-state index is 13.6. The first-order valence-corrected chi connectivity index (χ1v) is 11.5. The van der Waals surface area contributed by atoms with Gasteiger partial charge in [0.25, 0.3) is 5.91 Å². The lowest BCUT2D eigenvalue weighted by molar-refractivity contribution is -0.138. The quantitative estimate of drug-likeness (QED) is 0.352. The molecule has 0 bridgehead atoms. The number of hydrogen-bond acceptors (Lipinski definition) is 3. The Bertz CT molecular complexity index is 1340. The van der Waals surface area contributed by atoms with Crippen molar-refractivity contribution in [3.63, 3.8) is 0 Å². The van der Waals surface area contributed by atoms with Gasteiger partial charge in [0.2, 0.25) is 0 Å². The number of ether oxygens (including phenoxy) is 1. The van der Waals surface area contributed by atoms with E-state index in [4.69, 9.17) is 4.74 Å². The summed E-state index contributed by atoms with van der Waals surface area (Å²) < 4.78 is 7.52. The highest BCUT2D eigenvalue weighted by Gasteiger charge is 2.38. The first kappa shape index (κ1) is 23.3. The summed E-state index contributed by atoms with van der Waals surface area (Å²) in [6.45, 7) is 12.1. The van der Waals surface area contributed by atoms with Gasteiger partial charge in [-0.1, -0.05) is 35.9 Å². The smallest absolute Gasteiger partial charge is 0.340 e. The Balaban J connectivity index is 1.86. The van der Waals surface area contributed by atoms with Gasteiger partial charge in [-0.25, -0.2) is 4.79 Å². The van der Waals surface area contributed by atoms with E-state index in [9.17, 15) is 9.59 Å². The number of para-hydroxylation sites is 1. The second kappa shape index (κ2) is 9.18. The number of anilines is 1. The van der Waals surface area contributed by atoms with Gasteiger partial charge in [0.05, 0.1) is 17.8 Å². The molecule has 3 aromatic rings. The fourth-order valence-electron chi connectivity index (χ4n) is 4.69. The van der Waals surface area contributed by atoms with E-state index in [1.807, 2.05) is 50.3 Å². The molecule has 34 heavy (non-hydrogen) atoms. The van der Waals surface area contributed by atoms with Crippen molar-refractivity contribution in [3.8, 4) is 5.69 Å². The van der Waals surface area contributed by atoms with Crippen LogP contribution in [0.15, 0.2) is 71.4 Å². The fourth-order valence-corrected chi connectivity index (χ4v) is 4.69. The van der Waals surface area contributed by atoms with Crippen LogP contribution in [-0.2, 0) is 14.3 Å². The zero-order valence-electron chi connectivity index (χ0n) is 20.6. The summed E-state index contributed by atoms with van der Waals surface area (Å²) in [6, 6.07) is 17.8. The summed E-state index contributed by atoms with van der Waals surface area (Å²) in [5.41, 5.74) is 8.40. The van der Waals surface area contributed by atoms with Crippen molar-refractivity contribution >= 4 is 23.6 Å². The number of esters is 1. The molecule has 2 aromatic carbocycles. The third-order valence-corrected chi connectivity index (χ3v) is 6.26. The SMILES string of the molecule is CCOC(=O)C1=C(C)N(c2ccccc2)C(=O)C1=Cc1cc(C)n(-c2ccc(C)cc2C)c1C. The molecule has 0 aliphatic carbocycles. The molecule has 1 aliphatic rings. The topological polar surface area (TPSA) is 51.5 Å². The fraction of sp³-hybridized carbons (Fsp3) is 0.241. The van der Waals surface area contributed by atoms with E-state index in [-0.39, 0.29) is 12.5 Å². The largest absolute Gasteiger partial charge is 0.462 e. The van der Waals surface area contributed by atoms with E-state index in [0.29, 0.717) is 16.8 Å². The predicted octanol–water partition coefficient (Wildman–Crippen LogP) is 5.98. The number of hydrogen-bond donors (Lipinski definition) is 0. The highest BCUT2D eigenvalue weighted by molar-refractivity contribution is 6.23. The minimum atomic E-state index is -0.485. The van der Waals surface area contributed by atoms with E-state index in [1.54, 1.807) is 18.7 Å². The van der Waals surface area contributed by atoms with Gasteiger partial charge in [0.1, 0.15) is 0 Å². The lowest BCUT2D eigenvalue weighted by Gasteiger charge is -2.17. The van der Waals surface area contributed by atoms with Crippen LogP contribution < -0.4 is 4.90 Å². The van der Waals surface area contributed by atoms with Crippen molar-refractivity contribution in [2.24, 2.45) is 0 Å². The number of carbonyl (C=O) groups excluding carboxylic acids is 2. The van der Waals surface area contributed by atoms with E-state index in [2.05, 4.69) is 42.7 Å². The molecule has 174 valence electrons. The molecule has 1 aliphatic heterocycles. The number of aromatic nitrogens is 1. The van der Waals surface area contributed by atoms with Gasteiger partial charge in [-0.15, -0.1) is 0 Å². The normalized spacial score (nSPS) is 14.9. The highest BCUT2D eigenvalue weighted by Crippen LogP contribution is 2.36. The Morgan fingerprint density at radius 3 is 2.32 bits per heavy atom. The minimum absolute atomic E-state index is 0.233.